The topological polar surface area (TPSA) is 219 Å². The standard InChI is InChI=1S/C26H32N4O12S/c1-14(31)38-13-21(35)29-22-19(39-15(2)32)11-26(25(36)37-5,43-18-9-7-6-8-10-18)42-24(22)23(41-17(4)34)20(12-28-30-27)40-16(3)33/h6-10,19-20,22-24H,11-13H2,1-5H3,(H,29,35)/t19?,20-,22?,23-,24?,26?/m0/s1. The summed E-state index contributed by atoms with van der Waals surface area (Å²) >= 11 is 0.894. The Balaban J connectivity index is 2.79. The molecule has 0 bridgehead atoms. The summed E-state index contributed by atoms with van der Waals surface area (Å²) in [6.45, 7) is 2.98. The normalized spacial score (nSPS) is 22.4. The number of ether oxygens (including phenoxy) is 6. The number of amides is 1. The van der Waals surface area contributed by atoms with E-state index in [1.165, 1.54) is 0 Å². The van der Waals surface area contributed by atoms with Crippen molar-refractivity contribution >= 4 is 47.5 Å². The summed E-state index contributed by atoms with van der Waals surface area (Å²) in [5.41, 5.74) is 8.95. The minimum atomic E-state index is -1.98. The third-order valence-electron chi connectivity index (χ3n) is 5.76. The van der Waals surface area contributed by atoms with Gasteiger partial charge in [0.1, 0.15) is 18.3 Å². The lowest BCUT2D eigenvalue weighted by atomic mass is 9.89. The smallest absolute Gasteiger partial charge is 0.349 e. The van der Waals surface area contributed by atoms with Crippen LogP contribution in [0.1, 0.15) is 34.1 Å². The van der Waals surface area contributed by atoms with Gasteiger partial charge in [-0.05, 0) is 17.7 Å². The van der Waals surface area contributed by atoms with E-state index in [-0.39, 0.29) is 6.42 Å². The maximum Gasteiger partial charge on any atom is 0.349 e. The molecule has 0 aliphatic carbocycles. The molecule has 1 amide bonds. The highest BCUT2D eigenvalue weighted by molar-refractivity contribution is 8.01. The predicted octanol–water partition coefficient (Wildman–Crippen LogP) is 1.59. The van der Waals surface area contributed by atoms with Gasteiger partial charge in [-0.25, -0.2) is 4.79 Å². The molecule has 0 aromatic heterocycles. The summed E-state index contributed by atoms with van der Waals surface area (Å²) in [7, 11) is 1.11. The van der Waals surface area contributed by atoms with Gasteiger partial charge < -0.3 is 33.7 Å². The van der Waals surface area contributed by atoms with Gasteiger partial charge in [0, 0.05) is 43.9 Å². The number of rotatable bonds is 13. The lowest BCUT2D eigenvalue weighted by molar-refractivity contribution is -0.220. The van der Waals surface area contributed by atoms with Crippen LogP contribution in [0.15, 0.2) is 40.3 Å². The first kappa shape index (κ1) is 34.9. The van der Waals surface area contributed by atoms with Gasteiger partial charge in [0.15, 0.2) is 12.7 Å². The summed E-state index contributed by atoms with van der Waals surface area (Å²) in [4.78, 5) is 75.4. The Labute approximate surface area is 250 Å². The van der Waals surface area contributed by atoms with E-state index in [1.807, 2.05) is 0 Å². The number of azide groups is 1. The summed E-state index contributed by atoms with van der Waals surface area (Å²) in [5.74, 6) is -5.10. The first-order valence-corrected chi connectivity index (χ1v) is 13.6. The van der Waals surface area contributed by atoms with E-state index < -0.39 is 84.3 Å². The van der Waals surface area contributed by atoms with E-state index in [4.69, 9.17) is 34.0 Å². The number of thioether (sulfide) groups is 1. The molecule has 234 valence electrons. The SMILES string of the molecule is COC(=O)C1(Sc2ccccc2)CC(OC(C)=O)C(NC(=O)COC(C)=O)C([C@@H](OC(C)=O)[C@H](CN=[N+]=[N-])OC(C)=O)O1. The molecule has 1 saturated heterocycles. The van der Waals surface area contributed by atoms with Gasteiger partial charge in [-0.3, -0.25) is 24.0 Å². The van der Waals surface area contributed by atoms with Crippen LogP contribution in [0.5, 0.6) is 0 Å². The zero-order valence-corrected chi connectivity index (χ0v) is 24.9. The van der Waals surface area contributed by atoms with Crippen LogP contribution >= 0.6 is 11.8 Å². The van der Waals surface area contributed by atoms with E-state index >= 15 is 0 Å². The third kappa shape index (κ3) is 10.5. The van der Waals surface area contributed by atoms with Gasteiger partial charge in [0.05, 0.1) is 19.7 Å². The average molecular weight is 625 g/mol. The largest absolute Gasteiger partial charge is 0.466 e. The Kier molecular flexibility index (Phi) is 13.2. The van der Waals surface area contributed by atoms with Crippen LogP contribution in [0.25, 0.3) is 10.4 Å². The van der Waals surface area contributed by atoms with E-state index in [2.05, 4.69) is 15.3 Å². The molecule has 1 N–H and O–H groups in total. The van der Waals surface area contributed by atoms with Crippen molar-refractivity contribution in [3.8, 4) is 0 Å². The Morgan fingerprint density at radius 1 is 1.05 bits per heavy atom. The highest BCUT2D eigenvalue weighted by Crippen LogP contribution is 2.45. The lowest BCUT2D eigenvalue weighted by Gasteiger charge is -2.48. The molecule has 1 aliphatic heterocycles. The molecule has 1 aromatic carbocycles. The number of nitrogens with zero attached hydrogens (tertiary/aromatic N) is 3. The van der Waals surface area contributed by atoms with E-state index in [9.17, 15) is 28.8 Å². The highest BCUT2D eigenvalue weighted by atomic mass is 32.2. The molecule has 16 nitrogen and oxygen atoms in total. The first-order chi connectivity index (χ1) is 20.3. The van der Waals surface area contributed by atoms with Crippen molar-refractivity contribution in [2.24, 2.45) is 5.11 Å². The summed E-state index contributed by atoms with van der Waals surface area (Å²) < 4.78 is 32.6. The molecular weight excluding hydrogens is 592 g/mol. The molecule has 2 rings (SSSR count). The lowest BCUT2D eigenvalue weighted by Crippen LogP contribution is -2.68. The molecule has 0 radical (unpaired) electrons. The fourth-order valence-electron chi connectivity index (χ4n) is 4.27. The van der Waals surface area contributed by atoms with E-state index in [0.29, 0.717) is 4.90 Å². The maximum absolute atomic E-state index is 13.4. The molecule has 17 heteroatoms. The fourth-order valence-corrected chi connectivity index (χ4v) is 5.52. The number of benzene rings is 1. The zero-order valence-electron chi connectivity index (χ0n) is 24.0. The predicted molar refractivity (Wildman–Crippen MR) is 146 cm³/mol. The van der Waals surface area contributed by atoms with Gasteiger partial charge in [-0.1, -0.05) is 35.1 Å². The number of esters is 5. The maximum atomic E-state index is 13.4. The van der Waals surface area contributed by atoms with Crippen molar-refractivity contribution < 1.29 is 57.2 Å². The van der Waals surface area contributed by atoms with Crippen molar-refractivity contribution in [1.29, 1.82) is 0 Å². The number of methoxy groups -OCH3 is 1. The van der Waals surface area contributed by atoms with Gasteiger partial charge >= 0.3 is 29.8 Å². The molecule has 43 heavy (non-hydrogen) atoms. The van der Waals surface area contributed by atoms with Gasteiger partial charge in [0.2, 0.25) is 4.93 Å². The monoisotopic (exact) mass is 624 g/mol. The first-order valence-electron chi connectivity index (χ1n) is 12.8. The van der Waals surface area contributed by atoms with E-state index in [1.54, 1.807) is 30.3 Å². The molecule has 4 unspecified atom stereocenters. The van der Waals surface area contributed by atoms with Crippen molar-refractivity contribution in [2.45, 2.75) is 74.4 Å². The summed E-state index contributed by atoms with van der Waals surface area (Å²) in [6.07, 6.45) is -6.48. The number of hydrogen-bond acceptors (Lipinski definition) is 14. The average Bonchev–Trinajstić information content (AvgIpc) is 2.93. The summed E-state index contributed by atoms with van der Waals surface area (Å²) in [5, 5.41) is 5.98. The molecule has 0 spiro atoms. The molecule has 1 fully saturated rings. The van der Waals surface area contributed by atoms with Gasteiger partial charge in [0.25, 0.3) is 5.91 Å². The number of nitrogens with one attached hydrogen (secondary N) is 1. The number of carbonyl (C=O) groups is 6. The minimum absolute atomic E-state index is 0.380. The van der Waals surface area contributed by atoms with Crippen molar-refractivity contribution in [3.05, 3.63) is 40.8 Å². The van der Waals surface area contributed by atoms with Crippen LogP contribution < -0.4 is 5.32 Å². The second-order valence-electron chi connectivity index (χ2n) is 9.10. The summed E-state index contributed by atoms with van der Waals surface area (Å²) in [6, 6.07) is 7.10. The Morgan fingerprint density at radius 2 is 1.70 bits per heavy atom. The molecule has 1 aliphatic rings. The van der Waals surface area contributed by atoms with Crippen LogP contribution in [0.4, 0.5) is 0 Å². The van der Waals surface area contributed by atoms with Crippen LogP contribution in [0.2, 0.25) is 0 Å². The fraction of sp³-hybridized carbons (Fsp3) is 0.538. The van der Waals surface area contributed by atoms with Crippen LogP contribution in [-0.4, -0.2) is 91.4 Å². The van der Waals surface area contributed by atoms with Crippen molar-refractivity contribution in [1.82, 2.24) is 5.32 Å². The van der Waals surface area contributed by atoms with Crippen molar-refractivity contribution in [2.75, 3.05) is 20.3 Å². The molecule has 0 saturated carbocycles. The molecule has 1 aromatic rings. The number of hydrogen-bond donors (Lipinski definition) is 1. The Hall–Kier alpha value is -4.34. The van der Waals surface area contributed by atoms with Gasteiger partial charge in [-0.2, -0.15) is 0 Å². The highest BCUT2D eigenvalue weighted by Gasteiger charge is 2.58. The second kappa shape index (κ2) is 16.3. The Morgan fingerprint density at radius 3 is 2.23 bits per heavy atom. The second-order valence-corrected chi connectivity index (χ2v) is 10.4. The van der Waals surface area contributed by atoms with E-state index in [0.717, 1.165) is 46.6 Å². The minimum Gasteiger partial charge on any atom is -0.466 e. The Bertz CT molecular complexity index is 1240. The quantitative estimate of drug-likeness (QED) is 0.108. The number of carbonyl (C=O) groups excluding carboxylic acids is 6. The van der Waals surface area contributed by atoms with Crippen LogP contribution in [0.3, 0.4) is 0 Å². The van der Waals surface area contributed by atoms with Crippen LogP contribution in [0, 0.1) is 0 Å². The molecule has 6 atom stereocenters. The zero-order chi connectivity index (χ0) is 32.2. The van der Waals surface area contributed by atoms with Crippen molar-refractivity contribution in [3.63, 3.8) is 0 Å². The molecular formula is C26H32N4O12S. The molecule has 1 heterocycles. The third-order valence-corrected chi connectivity index (χ3v) is 7.03. The van der Waals surface area contributed by atoms with Gasteiger partial charge in [-0.15, -0.1) is 0 Å². The van der Waals surface area contributed by atoms with Crippen LogP contribution in [-0.2, 0) is 57.2 Å².